The van der Waals surface area contributed by atoms with Crippen LogP contribution >= 0.6 is 0 Å². The van der Waals surface area contributed by atoms with Gasteiger partial charge in [0.15, 0.2) is 0 Å². The molecule has 0 aliphatic rings. The molecule has 102 valence electrons. The van der Waals surface area contributed by atoms with Crippen molar-refractivity contribution in [3.63, 3.8) is 0 Å². The predicted molar refractivity (Wildman–Crippen MR) is 75.0 cm³/mol. The molecule has 1 rings (SSSR count). The maximum atomic E-state index is 9.78. The lowest BCUT2D eigenvalue weighted by Gasteiger charge is -2.14. The Hall–Kier alpha value is -1.06. The van der Waals surface area contributed by atoms with Gasteiger partial charge in [0.05, 0.1) is 0 Å². The summed E-state index contributed by atoms with van der Waals surface area (Å²) in [6, 6.07) is 7.85. The monoisotopic (exact) mass is 251 g/mol. The van der Waals surface area contributed by atoms with Gasteiger partial charge in [-0.2, -0.15) is 0 Å². The van der Waals surface area contributed by atoms with Crippen LogP contribution in [0.3, 0.4) is 0 Å². The molecule has 0 spiro atoms. The van der Waals surface area contributed by atoms with Gasteiger partial charge in [0.1, 0.15) is 18.5 Å². The fraction of sp³-hybridized carbons (Fsp3) is 0.600. The zero-order valence-electron chi connectivity index (χ0n) is 11.6. The van der Waals surface area contributed by atoms with Crippen LogP contribution in [0.2, 0.25) is 0 Å². The number of rotatable bonds is 8. The fourth-order valence-electron chi connectivity index (χ4n) is 1.62. The van der Waals surface area contributed by atoms with Crippen LogP contribution in [0.4, 0.5) is 0 Å². The van der Waals surface area contributed by atoms with Crippen LogP contribution in [0.15, 0.2) is 24.3 Å². The van der Waals surface area contributed by atoms with Crippen LogP contribution < -0.4 is 10.1 Å². The highest BCUT2D eigenvalue weighted by Crippen LogP contribution is 2.16. The van der Waals surface area contributed by atoms with Gasteiger partial charge in [0.2, 0.25) is 0 Å². The summed E-state index contributed by atoms with van der Waals surface area (Å²) in [4.78, 5) is 0. The zero-order chi connectivity index (χ0) is 13.4. The maximum absolute atomic E-state index is 9.78. The third kappa shape index (κ3) is 6.03. The molecule has 1 aromatic carbocycles. The van der Waals surface area contributed by atoms with Crippen molar-refractivity contribution in [1.82, 2.24) is 5.32 Å². The Morgan fingerprint density at radius 2 is 2.00 bits per heavy atom. The Morgan fingerprint density at radius 3 is 2.67 bits per heavy atom. The molecule has 0 saturated carbocycles. The Bertz CT molecular complexity index is 339. The van der Waals surface area contributed by atoms with E-state index in [4.69, 9.17) is 4.74 Å². The van der Waals surface area contributed by atoms with E-state index < -0.39 is 6.10 Å². The van der Waals surface area contributed by atoms with Gasteiger partial charge in [-0.3, -0.25) is 0 Å². The molecule has 3 nitrogen and oxygen atoms in total. The van der Waals surface area contributed by atoms with E-state index in [-0.39, 0.29) is 0 Å². The summed E-state index contributed by atoms with van der Waals surface area (Å²) >= 11 is 0. The molecule has 0 bridgehead atoms. The van der Waals surface area contributed by atoms with Crippen LogP contribution in [0.1, 0.15) is 25.8 Å². The smallest absolute Gasteiger partial charge is 0.122 e. The number of benzene rings is 1. The second kappa shape index (κ2) is 8.11. The molecule has 1 atom stereocenters. The molecule has 18 heavy (non-hydrogen) atoms. The number of aliphatic hydroxyl groups is 1. The number of hydrogen-bond acceptors (Lipinski definition) is 3. The minimum Gasteiger partial charge on any atom is -0.491 e. The van der Waals surface area contributed by atoms with E-state index in [2.05, 4.69) is 19.2 Å². The summed E-state index contributed by atoms with van der Waals surface area (Å²) in [6.45, 7) is 8.25. The zero-order valence-corrected chi connectivity index (χ0v) is 11.6. The van der Waals surface area contributed by atoms with E-state index in [9.17, 15) is 5.11 Å². The summed E-state index contributed by atoms with van der Waals surface area (Å²) < 4.78 is 5.59. The molecule has 0 radical (unpaired) electrons. The largest absolute Gasteiger partial charge is 0.491 e. The minimum atomic E-state index is -0.461. The molecule has 0 aromatic heterocycles. The third-order valence-electron chi connectivity index (χ3n) is 2.80. The first-order valence-corrected chi connectivity index (χ1v) is 6.66. The molecule has 0 amide bonds. The average Bonchev–Trinajstić information content (AvgIpc) is 2.33. The lowest BCUT2D eigenvalue weighted by atomic mass is 10.1. The molecular weight excluding hydrogens is 226 g/mol. The van der Waals surface area contributed by atoms with E-state index in [0.717, 1.165) is 24.3 Å². The normalized spacial score (nSPS) is 12.7. The van der Waals surface area contributed by atoms with Crippen LogP contribution in [0.5, 0.6) is 5.75 Å². The predicted octanol–water partition coefficient (Wildman–Crippen LogP) is 2.37. The average molecular weight is 251 g/mol. The van der Waals surface area contributed by atoms with E-state index in [1.54, 1.807) is 0 Å². The molecular formula is C15H25NO2. The Labute approximate surface area is 110 Å². The molecule has 1 aromatic rings. The Morgan fingerprint density at radius 1 is 1.28 bits per heavy atom. The fourth-order valence-corrected chi connectivity index (χ4v) is 1.62. The number of ether oxygens (including phenoxy) is 1. The Balaban J connectivity index is 2.17. The van der Waals surface area contributed by atoms with Crippen molar-refractivity contribution in [2.75, 3.05) is 19.7 Å². The number of nitrogens with one attached hydrogen (secondary N) is 1. The number of para-hydroxylation sites is 1. The molecule has 0 saturated heterocycles. The van der Waals surface area contributed by atoms with E-state index in [1.807, 2.05) is 31.2 Å². The van der Waals surface area contributed by atoms with Gasteiger partial charge in [-0.1, -0.05) is 32.0 Å². The van der Waals surface area contributed by atoms with Gasteiger partial charge < -0.3 is 15.2 Å². The van der Waals surface area contributed by atoms with E-state index in [0.29, 0.717) is 19.1 Å². The number of aryl methyl sites for hydroxylation is 1. The SMILES string of the molecule is Cc1ccccc1OC[C@@H](O)CNCCC(C)C. The lowest BCUT2D eigenvalue weighted by Crippen LogP contribution is -2.32. The van der Waals surface area contributed by atoms with E-state index in [1.165, 1.54) is 0 Å². The van der Waals surface area contributed by atoms with Crippen LogP contribution in [0, 0.1) is 12.8 Å². The highest BCUT2D eigenvalue weighted by atomic mass is 16.5. The summed E-state index contributed by atoms with van der Waals surface area (Å²) in [5.74, 6) is 1.54. The number of hydrogen-bond donors (Lipinski definition) is 2. The van der Waals surface area contributed by atoms with Gasteiger partial charge in [-0.05, 0) is 37.4 Å². The molecule has 0 aliphatic carbocycles. The summed E-state index contributed by atoms with van der Waals surface area (Å²) in [6.07, 6.45) is 0.669. The van der Waals surface area contributed by atoms with E-state index >= 15 is 0 Å². The Kier molecular flexibility index (Phi) is 6.76. The first-order valence-electron chi connectivity index (χ1n) is 6.66. The third-order valence-corrected chi connectivity index (χ3v) is 2.80. The molecule has 0 fully saturated rings. The minimum absolute atomic E-state index is 0.333. The van der Waals surface area contributed by atoms with Crippen LogP contribution in [0.25, 0.3) is 0 Å². The topological polar surface area (TPSA) is 41.5 Å². The number of aliphatic hydroxyl groups excluding tert-OH is 1. The summed E-state index contributed by atoms with van der Waals surface area (Å²) in [5.41, 5.74) is 1.09. The second-order valence-corrected chi connectivity index (χ2v) is 5.12. The van der Waals surface area contributed by atoms with Crippen molar-refractivity contribution in [1.29, 1.82) is 0 Å². The van der Waals surface area contributed by atoms with Crippen molar-refractivity contribution < 1.29 is 9.84 Å². The molecule has 3 heteroatoms. The highest BCUT2D eigenvalue weighted by Gasteiger charge is 2.06. The molecule has 0 aliphatic heterocycles. The van der Waals surface area contributed by atoms with Crippen molar-refractivity contribution in [3.05, 3.63) is 29.8 Å². The lowest BCUT2D eigenvalue weighted by molar-refractivity contribution is 0.106. The van der Waals surface area contributed by atoms with Crippen LogP contribution in [-0.4, -0.2) is 30.9 Å². The van der Waals surface area contributed by atoms with Gasteiger partial charge >= 0.3 is 0 Å². The van der Waals surface area contributed by atoms with Gasteiger partial charge in [-0.15, -0.1) is 0 Å². The van der Waals surface area contributed by atoms with Crippen molar-refractivity contribution >= 4 is 0 Å². The standard InChI is InChI=1S/C15H25NO2/c1-12(2)8-9-16-10-14(17)11-18-15-7-5-4-6-13(15)3/h4-7,12,14,16-17H,8-11H2,1-3H3/t14-/m0/s1. The van der Waals surface area contributed by atoms with Gasteiger partial charge in [0.25, 0.3) is 0 Å². The first kappa shape index (κ1) is 15.0. The first-order chi connectivity index (χ1) is 8.59. The highest BCUT2D eigenvalue weighted by molar-refractivity contribution is 5.31. The maximum Gasteiger partial charge on any atom is 0.122 e. The summed E-state index contributed by atoms with van der Waals surface area (Å²) in [7, 11) is 0. The van der Waals surface area contributed by atoms with Crippen molar-refractivity contribution in [3.8, 4) is 5.75 Å². The molecule has 0 unspecified atom stereocenters. The second-order valence-electron chi connectivity index (χ2n) is 5.12. The molecule has 0 heterocycles. The van der Waals surface area contributed by atoms with Gasteiger partial charge in [0, 0.05) is 6.54 Å². The summed E-state index contributed by atoms with van der Waals surface area (Å²) in [5, 5.41) is 13.0. The quantitative estimate of drug-likeness (QED) is 0.697. The van der Waals surface area contributed by atoms with Crippen LogP contribution in [-0.2, 0) is 0 Å². The molecule has 2 N–H and O–H groups in total. The van der Waals surface area contributed by atoms with Crippen molar-refractivity contribution in [2.45, 2.75) is 33.3 Å². The van der Waals surface area contributed by atoms with Gasteiger partial charge in [-0.25, -0.2) is 0 Å². The van der Waals surface area contributed by atoms with Crippen molar-refractivity contribution in [2.24, 2.45) is 5.92 Å².